The van der Waals surface area contributed by atoms with Crippen molar-refractivity contribution in [3.05, 3.63) is 48.4 Å². The first-order chi connectivity index (χ1) is 8.24. The van der Waals surface area contributed by atoms with Gasteiger partial charge in [0.25, 0.3) is 0 Å². The van der Waals surface area contributed by atoms with Gasteiger partial charge in [-0.1, -0.05) is 0 Å². The van der Waals surface area contributed by atoms with E-state index in [1.54, 1.807) is 10.7 Å². The molecule has 0 bridgehead atoms. The summed E-state index contributed by atoms with van der Waals surface area (Å²) in [5.74, 6) is 0.613. The highest BCUT2D eigenvalue weighted by Gasteiger charge is 2.06. The minimum Gasteiger partial charge on any atom is -0.340 e. The summed E-state index contributed by atoms with van der Waals surface area (Å²) in [5, 5.41) is 5.03. The van der Waals surface area contributed by atoms with Crippen LogP contribution < -0.4 is 0 Å². The molecule has 86 valence electrons. The van der Waals surface area contributed by atoms with Gasteiger partial charge >= 0.3 is 0 Å². The fraction of sp³-hybridized carbons (Fsp3) is 0.167. The Labute approximate surface area is 97.3 Å². The lowest BCUT2D eigenvalue weighted by atomic mass is 10.2. The van der Waals surface area contributed by atoms with Crippen molar-refractivity contribution >= 4 is 10.9 Å². The zero-order valence-electron chi connectivity index (χ0n) is 9.34. The van der Waals surface area contributed by atoms with E-state index in [0.717, 1.165) is 16.7 Å². The van der Waals surface area contributed by atoms with Crippen LogP contribution in [0.3, 0.4) is 0 Å². The molecule has 0 aliphatic carbocycles. The van der Waals surface area contributed by atoms with Gasteiger partial charge in [0, 0.05) is 13.2 Å². The zero-order valence-corrected chi connectivity index (χ0v) is 9.34. The molecule has 2 heterocycles. The monoisotopic (exact) mass is 230 g/mol. The largest absolute Gasteiger partial charge is 0.340 e. The summed E-state index contributed by atoms with van der Waals surface area (Å²) in [6, 6.07) is 6.74. The lowest BCUT2D eigenvalue weighted by Gasteiger charge is -2.04. The molecule has 0 N–H and O–H groups in total. The quantitative estimate of drug-likeness (QED) is 0.674. The number of benzene rings is 1. The van der Waals surface area contributed by atoms with Crippen molar-refractivity contribution in [1.29, 1.82) is 0 Å². The third kappa shape index (κ3) is 1.69. The normalized spacial score (nSPS) is 11.2. The molecule has 0 radical (unpaired) electrons. The number of hydrogen-bond acceptors (Lipinski definition) is 2. The molecule has 0 saturated heterocycles. The molecule has 5 heteroatoms. The Balaban J connectivity index is 2.06. The molecule has 0 unspecified atom stereocenters. The van der Waals surface area contributed by atoms with Gasteiger partial charge in [-0.05, 0) is 29.7 Å². The first kappa shape index (κ1) is 10.0. The van der Waals surface area contributed by atoms with Crippen LogP contribution in [-0.4, -0.2) is 19.3 Å². The van der Waals surface area contributed by atoms with E-state index >= 15 is 0 Å². The smallest absolute Gasteiger partial charge is 0.146 e. The highest BCUT2D eigenvalue weighted by molar-refractivity contribution is 5.80. The molecule has 0 aliphatic rings. The van der Waals surface area contributed by atoms with Gasteiger partial charge in [-0.25, -0.2) is 9.37 Å². The SMILES string of the molecule is Cn1ncnc1Cn1ccc2ccc(F)cc21. The second kappa shape index (κ2) is 3.69. The molecule has 3 rings (SSSR count). The van der Waals surface area contributed by atoms with Crippen molar-refractivity contribution in [3.8, 4) is 0 Å². The molecular formula is C12H11FN4. The molecular weight excluding hydrogens is 219 g/mol. The van der Waals surface area contributed by atoms with Crippen molar-refractivity contribution in [2.75, 3.05) is 0 Å². The molecule has 1 aromatic carbocycles. The van der Waals surface area contributed by atoms with Gasteiger partial charge < -0.3 is 4.57 Å². The maximum absolute atomic E-state index is 13.2. The summed E-state index contributed by atoms with van der Waals surface area (Å²) in [5.41, 5.74) is 0.869. The molecule has 3 aromatic rings. The van der Waals surface area contributed by atoms with E-state index in [2.05, 4.69) is 10.1 Å². The Kier molecular flexibility index (Phi) is 2.18. The van der Waals surface area contributed by atoms with Crippen molar-refractivity contribution in [2.45, 2.75) is 6.54 Å². The molecule has 0 fully saturated rings. The molecule has 0 saturated carbocycles. The summed E-state index contributed by atoms with van der Waals surface area (Å²) in [7, 11) is 1.84. The van der Waals surface area contributed by atoms with E-state index in [4.69, 9.17) is 0 Å². The predicted octanol–water partition coefficient (Wildman–Crippen LogP) is 1.96. The van der Waals surface area contributed by atoms with Gasteiger partial charge in [0.05, 0.1) is 12.1 Å². The number of rotatable bonds is 2. The second-order valence-corrected chi connectivity index (χ2v) is 3.95. The Bertz CT molecular complexity index is 668. The second-order valence-electron chi connectivity index (χ2n) is 3.95. The third-order valence-electron chi connectivity index (χ3n) is 2.85. The average molecular weight is 230 g/mol. The Morgan fingerprint density at radius 1 is 1.29 bits per heavy atom. The third-order valence-corrected chi connectivity index (χ3v) is 2.85. The molecule has 4 nitrogen and oxygen atoms in total. The molecule has 17 heavy (non-hydrogen) atoms. The van der Waals surface area contributed by atoms with Crippen LogP contribution in [0.15, 0.2) is 36.8 Å². The van der Waals surface area contributed by atoms with Crippen LogP contribution in [0.4, 0.5) is 4.39 Å². The Morgan fingerprint density at radius 3 is 2.94 bits per heavy atom. The minimum atomic E-state index is -0.226. The Hall–Kier alpha value is -2.17. The lowest BCUT2D eigenvalue weighted by molar-refractivity contribution is 0.627. The first-order valence-electron chi connectivity index (χ1n) is 5.31. The number of aryl methyl sites for hydroxylation is 1. The minimum absolute atomic E-state index is 0.226. The van der Waals surface area contributed by atoms with Crippen LogP contribution in [0.25, 0.3) is 10.9 Å². The van der Waals surface area contributed by atoms with Crippen LogP contribution >= 0.6 is 0 Å². The van der Waals surface area contributed by atoms with Crippen LogP contribution in [0, 0.1) is 5.82 Å². The van der Waals surface area contributed by atoms with Crippen LogP contribution in [-0.2, 0) is 13.6 Å². The van der Waals surface area contributed by atoms with Gasteiger partial charge in [0.2, 0.25) is 0 Å². The summed E-state index contributed by atoms with van der Waals surface area (Å²) < 4.78 is 16.9. The first-order valence-corrected chi connectivity index (χ1v) is 5.31. The molecule has 0 atom stereocenters. The number of aromatic nitrogens is 4. The predicted molar refractivity (Wildman–Crippen MR) is 62.0 cm³/mol. The van der Waals surface area contributed by atoms with Crippen molar-refractivity contribution in [1.82, 2.24) is 19.3 Å². The summed E-state index contributed by atoms with van der Waals surface area (Å²) in [6.45, 7) is 0.587. The number of hydrogen-bond donors (Lipinski definition) is 0. The number of halogens is 1. The van der Waals surface area contributed by atoms with Crippen molar-refractivity contribution < 1.29 is 4.39 Å². The molecule has 0 spiro atoms. The van der Waals surface area contributed by atoms with E-state index < -0.39 is 0 Å². The van der Waals surface area contributed by atoms with Gasteiger partial charge in [-0.2, -0.15) is 5.10 Å². The topological polar surface area (TPSA) is 35.6 Å². The van der Waals surface area contributed by atoms with Crippen molar-refractivity contribution in [2.24, 2.45) is 7.05 Å². The van der Waals surface area contributed by atoms with E-state index in [9.17, 15) is 4.39 Å². The summed E-state index contributed by atoms with van der Waals surface area (Å²) >= 11 is 0. The van der Waals surface area contributed by atoms with Crippen LogP contribution in [0.5, 0.6) is 0 Å². The molecule has 2 aromatic heterocycles. The molecule has 0 amide bonds. The van der Waals surface area contributed by atoms with E-state index in [-0.39, 0.29) is 5.82 Å². The standard InChI is InChI=1S/C12H11FN4/c1-16-12(14-8-15-16)7-17-5-4-9-2-3-10(13)6-11(9)17/h2-6,8H,7H2,1H3. The van der Waals surface area contributed by atoms with E-state index in [0.29, 0.717) is 6.54 Å². The fourth-order valence-corrected chi connectivity index (χ4v) is 1.91. The van der Waals surface area contributed by atoms with Gasteiger partial charge in [-0.15, -0.1) is 0 Å². The number of fused-ring (bicyclic) bond motifs is 1. The highest BCUT2D eigenvalue weighted by atomic mass is 19.1. The van der Waals surface area contributed by atoms with Gasteiger partial charge in [0.1, 0.15) is 18.0 Å². The molecule has 0 aliphatic heterocycles. The summed E-state index contributed by atoms with van der Waals surface area (Å²) in [4.78, 5) is 4.16. The zero-order chi connectivity index (χ0) is 11.8. The van der Waals surface area contributed by atoms with Crippen molar-refractivity contribution in [3.63, 3.8) is 0 Å². The van der Waals surface area contributed by atoms with E-state index in [1.165, 1.54) is 18.5 Å². The average Bonchev–Trinajstić information content (AvgIpc) is 2.88. The van der Waals surface area contributed by atoms with Gasteiger partial charge in [0.15, 0.2) is 0 Å². The van der Waals surface area contributed by atoms with E-state index in [1.807, 2.05) is 23.9 Å². The number of nitrogens with zero attached hydrogens (tertiary/aromatic N) is 4. The maximum atomic E-state index is 13.2. The Morgan fingerprint density at radius 2 is 2.18 bits per heavy atom. The highest BCUT2D eigenvalue weighted by Crippen LogP contribution is 2.17. The van der Waals surface area contributed by atoms with Crippen LogP contribution in [0.1, 0.15) is 5.82 Å². The summed E-state index contributed by atoms with van der Waals surface area (Å²) in [6.07, 6.45) is 3.44. The van der Waals surface area contributed by atoms with Crippen LogP contribution in [0.2, 0.25) is 0 Å². The maximum Gasteiger partial charge on any atom is 0.146 e. The lowest BCUT2D eigenvalue weighted by Crippen LogP contribution is -2.05. The van der Waals surface area contributed by atoms with Gasteiger partial charge in [-0.3, -0.25) is 4.68 Å². The fourth-order valence-electron chi connectivity index (χ4n) is 1.91.